The molecule has 0 aliphatic carbocycles. The van der Waals surface area contributed by atoms with Gasteiger partial charge in [0.25, 0.3) is 0 Å². The SMILES string of the molecule is O=[N+]([O-])c1cc(N=Nc2cccc(C(F)(F)F)c2)ccc1O. The van der Waals surface area contributed by atoms with Crippen LogP contribution >= 0.6 is 0 Å². The average molecular weight is 311 g/mol. The van der Waals surface area contributed by atoms with Crippen LogP contribution in [0.1, 0.15) is 5.56 Å². The monoisotopic (exact) mass is 311 g/mol. The van der Waals surface area contributed by atoms with Crippen LogP contribution < -0.4 is 0 Å². The maximum atomic E-state index is 12.5. The summed E-state index contributed by atoms with van der Waals surface area (Å²) >= 11 is 0. The fourth-order valence-electron chi connectivity index (χ4n) is 1.58. The molecule has 0 amide bonds. The summed E-state index contributed by atoms with van der Waals surface area (Å²) in [5.74, 6) is -0.539. The highest BCUT2D eigenvalue weighted by Gasteiger charge is 2.30. The van der Waals surface area contributed by atoms with E-state index in [9.17, 15) is 28.4 Å². The number of hydrogen-bond acceptors (Lipinski definition) is 5. The van der Waals surface area contributed by atoms with E-state index in [1.54, 1.807) is 0 Å². The molecule has 6 nitrogen and oxygen atoms in total. The van der Waals surface area contributed by atoms with E-state index in [0.29, 0.717) is 0 Å². The quantitative estimate of drug-likeness (QED) is 0.504. The number of nitro benzene ring substituents is 1. The topological polar surface area (TPSA) is 88.1 Å². The van der Waals surface area contributed by atoms with E-state index in [1.165, 1.54) is 18.2 Å². The highest BCUT2D eigenvalue weighted by Crippen LogP contribution is 2.33. The maximum Gasteiger partial charge on any atom is 0.416 e. The minimum absolute atomic E-state index is 0.0295. The molecule has 9 heteroatoms. The summed E-state index contributed by atoms with van der Waals surface area (Å²) in [6.45, 7) is 0. The van der Waals surface area contributed by atoms with E-state index in [4.69, 9.17) is 0 Å². The van der Waals surface area contributed by atoms with Crippen molar-refractivity contribution in [2.45, 2.75) is 6.18 Å². The lowest BCUT2D eigenvalue weighted by Crippen LogP contribution is -2.03. The number of rotatable bonds is 3. The van der Waals surface area contributed by atoms with Gasteiger partial charge in [0.2, 0.25) is 0 Å². The highest BCUT2D eigenvalue weighted by molar-refractivity contribution is 5.55. The lowest BCUT2D eigenvalue weighted by atomic mass is 10.2. The summed E-state index contributed by atoms with van der Waals surface area (Å²) in [6, 6.07) is 7.46. The van der Waals surface area contributed by atoms with Crippen molar-refractivity contribution in [2.75, 3.05) is 0 Å². The molecular weight excluding hydrogens is 303 g/mol. The van der Waals surface area contributed by atoms with Crippen molar-refractivity contribution in [3.63, 3.8) is 0 Å². The Kier molecular flexibility index (Phi) is 4.06. The Hall–Kier alpha value is -2.97. The second-order valence-electron chi connectivity index (χ2n) is 4.18. The summed E-state index contributed by atoms with van der Waals surface area (Å²) < 4.78 is 37.6. The average Bonchev–Trinajstić information content (AvgIpc) is 2.45. The van der Waals surface area contributed by atoms with Gasteiger partial charge in [0.05, 0.1) is 21.9 Å². The van der Waals surface area contributed by atoms with Gasteiger partial charge in [-0.2, -0.15) is 23.4 Å². The van der Waals surface area contributed by atoms with Gasteiger partial charge in [0.1, 0.15) is 0 Å². The number of phenols is 1. The van der Waals surface area contributed by atoms with Crippen molar-refractivity contribution in [1.82, 2.24) is 0 Å². The van der Waals surface area contributed by atoms with Crippen molar-refractivity contribution in [1.29, 1.82) is 0 Å². The predicted octanol–water partition coefficient (Wildman–Crippen LogP) is 4.73. The zero-order valence-electron chi connectivity index (χ0n) is 10.8. The molecule has 0 radical (unpaired) electrons. The standard InChI is InChI=1S/C13H8F3N3O3/c14-13(15,16)8-2-1-3-9(6-8)17-18-10-4-5-12(20)11(7-10)19(21)22/h1-7,20H. The van der Waals surface area contributed by atoms with Crippen LogP contribution in [0.3, 0.4) is 0 Å². The van der Waals surface area contributed by atoms with Crippen LogP contribution in [0.2, 0.25) is 0 Å². The molecule has 0 unspecified atom stereocenters. The maximum absolute atomic E-state index is 12.5. The molecular formula is C13H8F3N3O3. The van der Waals surface area contributed by atoms with Crippen LogP contribution in [-0.2, 0) is 6.18 Å². The molecule has 0 fully saturated rings. The number of halogens is 3. The number of aromatic hydroxyl groups is 1. The van der Waals surface area contributed by atoms with Gasteiger partial charge in [0.15, 0.2) is 5.75 Å². The molecule has 0 heterocycles. The van der Waals surface area contributed by atoms with E-state index in [-0.39, 0.29) is 11.4 Å². The second-order valence-corrected chi connectivity index (χ2v) is 4.18. The Bertz CT molecular complexity index is 745. The van der Waals surface area contributed by atoms with E-state index in [1.807, 2.05) is 0 Å². The molecule has 0 aliphatic rings. The Balaban J connectivity index is 2.29. The van der Waals surface area contributed by atoms with E-state index in [2.05, 4.69) is 10.2 Å². The third-order valence-corrected chi connectivity index (χ3v) is 2.61. The molecule has 0 atom stereocenters. The van der Waals surface area contributed by atoms with Crippen LogP contribution in [0.25, 0.3) is 0 Å². The molecule has 0 aromatic heterocycles. The van der Waals surface area contributed by atoms with Crippen LogP contribution in [0.4, 0.5) is 30.2 Å². The summed E-state index contributed by atoms with van der Waals surface area (Å²) in [7, 11) is 0. The minimum atomic E-state index is -4.50. The van der Waals surface area contributed by atoms with Crippen molar-refractivity contribution in [3.05, 3.63) is 58.1 Å². The molecule has 2 aromatic carbocycles. The van der Waals surface area contributed by atoms with Crippen LogP contribution in [-0.4, -0.2) is 10.0 Å². The fourth-order valence-corrected chi connectivity index (χ4v) is 1.58. The van der Waals surface area contributed by atoms with Gasteiger partial charge in [-0.1, -0.05) is 6.07 Å². The molecule has 0 saturated carbocycles. The predicted molar refractivity (Wildman–Crippen MR) is 70.4 cm³/mol. The van der Waals surface area contributed by atoms with Crippen LogP contribution in [0.15, 0.2) is 52.7 Å². The van der Waals surface area contributed by atoms with Crippen molar-refractivity contribution in [2.24, 2.45) is 10.2 Å². The molecule has 0 bridgehead atoms. The summed E-state index contributed by atoms with van der Waals surface area (Å²) in [6.07, 6.45) is -4.50. The van der Waals surface area contributed by atoms with E-state index in [0.717, 1.165) is 24.3 Å². The van der Waals surface area contributed by atoms with Gasteiger partial charge >= 0.3 is 11.9 Å². The second kappa shape index (κ2) is 5.80. The molecule has 1 N–H and O–H groups in total. The number of benzene rings is 2. The van der Waals surface area contributed by atoms with Crippen LogP contribution in [0.5, 0.6) is 5.75 Å². The summed E-state index contributed by atoms with van der Waals surface area (Å²) in [4.78, 5) is 9.84. The number of phenolic OH excluding ortho intramolecular Hbond substituents is 1. The fraction of sp³-hybridized carbons (Fsp3) is 0.0769. The Morgan fingerprint density at radius 2 is 1.68 bits per heavy atom. The largest absolute Gasteiger partial charge is 0.502 e. The molecule has 2 rings (SSSR count). The number of alkyl halides is 3. The molecule has 2 aromatic rings. The Morgan fingerprint density at radius 3 is 2.27 bits per heavy atom. The number of nitro groups is 1. The summed E-state index contributed by atoms with van der Waals surface area (Å²) in [5.41, 5.74) is -1.46. The highest BCUT2D eigenvalue weighted by atomic mass is 19.4. The lowest BCUT2D eigenvalue weighted by Gasteiger charge is -2.05. The van der Waals surface area contributed by atoms with Gasteiger partial charge in [0, 0.05) is 6.07 Å². The normalized spacial score (nSPS) is 11.8. The number of hydrogen-bond donors (Lipinski definition) is 1. The van der Waals surface area contributed by atoms with Crippen molar-refractivity contribution < 1.29 is 23.2 Å². The smallest absolute Gasteiger partial charge is 0.416 e. The molecule has 0 aliphatic heterocycles. The lowest BCUT2D eigenvalue weighted by molar-refractivity contribution is -0.385. The Morgan fingerprint density at radius 1 is 1.05 bits per heavy atom. The molecule has 114 valence electrons. The summed E-state index contributed by atoms with van der Waals surface area (Å²) in [5, 5.41) is 27.2. The van der Waals surface area contributed by atoms with Gasteiger partial charge in [-0.3, -0.25) is 10.1 Å². The zero-order chi connectivity index (χ0) is 16.3. The minimum Gasteiger partial charge on any atom is -0.502 e. The van der Waals surface area contributed by atoms with Gasteiger partial charge < -0.3 is 5.11 Å². The van der Waals surface area contributed by atoms with Gasteiger partial charge in [-0.05, 0) is 30.3 Å². The van der Waals surface area contributed by atoms with E-state index >= 15 is 0 Å². The van der Waals surface area contributed by atoms with E-state index < -0.39 is 28.1 Å². The molecule has 0 spiro atoms. The Labute approximate surface area is 121 Å². The third-order valence-electron chi connectivity index (χ3n) is 2.61. The number of nitrogens with zero attached hydrogens (tertiary/aromatic N) is 3. The van der Waals surface area contributed by atoms with Crippen LogP contribution in [0, 0.1) is 10.1 Å². The first kappa shape index (κ1) is 15.4. The first-order chi connectivity index (χ1) is 10.3. The first-order valence-corrected chi connectivity index (χ1v) is 5.84. The molecule has 0 saturated heterocycles. The van der Waals surface area contributed by atoms with Gasteiger partial charge in [-0.25, -0.2) is 0 Å². The molecule has 22 heavy (non-hydrogen) atoms. The van der Waals surface area contributed by atoms with Gasteiger partial charge in [-0.15, -0.1) is 0 Å². The third kappa shape index (κ3) is 3.57. The zero-order valence-corrected chi connectivity index (χ0v) is 10.8. The van der Waals surface area contributed by atoms with Crippen molar-refractivity contribution >= 4 is 17.1 Å². The van der Waals surface area contributed by atoms with Crippen molar-refractivity contribution in [3.8, 4) is 5.75 Å². The first-order valence-electron chi connectivity index (χ1n) is 5.84. The number of azo groups is 1.